The molecular formula is C58H35N3S. The van der Waals surface area contributed by atoms with Gasteiger partial charge in [0, 0.05) is 36.9 Å². The molecule has 0 saturated heterocycles. The molecule has 0 bridgehead atoms. The Morgan fingerprint density at radius 1 is 0.290 bits per heavy atom. The summed E-state index contributed by atoms with van der Waals surface area (Å²) >= 11 is 1.84. The largest absolute Gasteiger partial charge is 0.208 e. The average molecular weight is 806 g/mol. The molecule has 3 nitrogen and oxygen atoms in total. The second-order valence-corrected chi connectivity index (χ2v) is 17.3. The number of benzene rings is 9. The summed E-state index contributed by atoms with van der Waals surface area (Å²) in [7, 11) is 0. The zero-order valence-electron chi connectivity index (χ0n) is 33.5. The zero-order valence-corrected chi connectivity index (χ0v) is 34.3. The molecule has 13 rings (SSSR count). The van der Waals surface area contributed by atoms with Crippen LogP contribution in [0.3, 0.4) is 0 Å². The van der Waals surface area contributed by atoms with Crippen molar-refractivity contribution >= 4 is 31.5 Å². The Labute approximate surface area is 363 Å². The van der Waals surface area contributed by atoms with Crippen molar-refractivity contribution in [1.29, 1.82) is 0 Å². The van der Waals surface area contributed by atoms with Gasteiger partial charge >= 0.3 is 0 Å². The van der Waals surface area contributed by atoms with E-state index < -0.39 is 5.41 Å². The highest BCUT2D eigenvalue weighted by atomic mass is 32.1. The Morgan fingerprint density at radius 3 is 1.56 bits per heavy atom. The molecule has 4 heteroatoms. The number of nitrogens with zero attached hydrogens (tertiary/aromatic N) is 3. The average Bonchev–Trinajstić information content (AvgIpc) is 3.98. The summed E-state index contributed by atoms with van der Waals surface area (Å²) in [5, 5.41) is 2.57. The van der Waals surface area contributed by atoms with Crippen LogP contribution in [0.15, 0.2) is 212 Å². The summed E-state index contributed by atoms with van der Waals surface area (Å²) in [6, 6.07) is 76.6. The van der Waals surface area contributed by atoms with Crippen LogP contribution in [0, 0.1) is 0 Å². The first kappa shape index (κ1) is 35.0. The van der Waals surface area contributed by atoms with Crippen molar-refractivity contribution in [2.75, 3.05) is 0 Å². The van der Waals surface area contributed by atoms with E-state index in [2.05, 4.69) is 212 Å². The standard InChI is InChI=1S/C58H35N3S/c1-2-16-36(17-3-1)40-20-4-5-24-44(40)56-59-55(39-19-14-18-37(34-39)38-32-33-53-47(35-38)43-23-9-13-31-52(43)62-53)60-57(61-56)46-26-15-30-51-54(46)45-25-8-12-29-50(45)58(51)48-27-10-6-21-41(48)42-22-7-11-28-49(42)58/h1-35H. The van der Waals surface area contributed by atoms with Gasteiger partial charge in [-0.05, 0) is 91.0 Å². The van der Waals surface area contributed by atoms with Crippen molar-refractivity contribution in [3.05, 3.63) is 235 Å². The van der Waals surface area contributed by atoms with Crippen LogP contribution in [-0.2, 0) is 5.41 Å². The minimum atomic E-state index is -0.475. The summed E-state index contributed by atoms with van der Waals surface area (Å²) in [4.78, 5) is 16.3. The highest BCUT2D eigenvalue weighted by Gasteiger charge is 2.52. The van der Waals surface area contributed by atoms with E-state index >= 15 is 0 Å². The van der Waals surface area contributed by atoms with E-state index in [1.54, 1.807) is 0 Å². The van der Waals surface area contributed by atoms with E-state index in [0.717, 1.165) is 38.9 Å². The van der Waals surface area contributed by atoms with Gasteiger partial charge in [0.25, 0.3) is 0 Å². The molecule has 9 aromatic carbocycles. The van der Waals surface area contributed by atoms with Crippen molar-refractivity contribution in [3.8, 4) is 78.7 Å². The topological polar surface area (TPSA) is 38.7 Å². The minimum absolute atomic E-state index is 0.475. The predicted molar refractivity (Wildman–Crippen MR) is 256 cm³/mol. The van der Waals surface area contributed by atoms with E-state index in [0.29, 0.717) is 17.5 Å². The van der Waals surface area contributed by atoms with Gasteiger partial charge in [-0.2, -0.15) is 0 Å². The lowest BCUT2D eigenvalue weighted by Crippen LogP contribution is -2.25. The van der Waals surface area contributed by atoms with Crippen molar-refractivity contribution in [3.63, 3.8) is 0 Å². The van der Waals surface area contributed by atoms with Crippen LogP contribution >= 0.6 is 11.3 Å². The zero-order chi connectivity index (χ0) is 40.8. The molecule has 0 radical (unpaired) electrons. The molecule has 62 heavy (non-hydrogen) atoms. The Balaban J connectivity index is 1.05. The first-order valence-electron chi connectivity index (χ1n) is 21.1. The molecule has 0 atom stereocenters. The Bertz CT molecular complexity index is 3560. The Hall–Kier alpha value is -7.79. The number of fused-ring (bicyclic) bond motifs is 13. The van der Waals surface area contributed by atoms with E-state index in [1.165, 1.54) is 64.7 Å². The van der Waals surface area contributed by atoms with E-state index in [9.17, 15) is 0 Å². The van der Waals surface area contributed by atoms with Crippen LogP contribution in [0.5, 0.6) is 0 Å². The van der Waals surface area contributed by atoms with Gasteiger partial charge in [0.1, 0.15) is 0 Å². The van der Waals surface area contributed by atoms with Crippen LogP contribution in [0.4, 0.5) is 0 Å². The molecule has 2 heterocycles. The van der Waals surface area contributed by atoms with Crippen LogP contribution in [0.25, 0.3) is 98.8 Å². The summed E-state index contributed by atoms with van der Waals surface area (Å²) < 4.78 is 2.59. The molecule has 11 aromatic rings. The molecule has 2 aromatic heterocycles. The quantitative estimate of drug-likeness (QED) is 0.174. The smallest absolute Gasteiger partial charge is 0.164 e. The fourth-order valence-corrected chi connectivity index (χ4v) is 11.5. The molecule has 0 saturated carbocycles. The lowest BCUT2D eigenvalue weighted by atomic mass is 9.70. The van der Waals surface area contributed by atoms with Gasteiger partial charge in [0.05, 0.1) is 5.41 Å². The number of aromatic nitrogens is 3. The van der Waals surface area contributed by atoms with Crippen molar-refractivity contribution in [2.24, 2.45) is 0 Å². The van der Waals surface area contributed by atoms with Crippen LogP contribution in [0.2, 0.25) is 0 Å². The molecule has 288 valence electrons. The van der Waals surface area contributed by atoms with E-state index in [4.69, 9.17) is 15.0 Å². The van der Waals surface area contributed by atoms with Gasteiger partial charge in [-0.1, -0.05) is 188 Å². The fourth-order valence-electron chi connectivity index (χ4n) is 10.4. The number of hydrogen-bond acceptors (Lipinski definition) is 4. The maximum Gasteiger partial charge on any atom is 0.164 e. The third kappa shape index (κ3) is 5.08. The minimum Gasteiger partial charge on any atom is -0.208 e. The van der Waals surface area contributed by atoms with Gasteiger partial charge in [-0.3, -0.25) is 0 Å². The monoisotopic (exact) mass is 805 g/mol. The lowest BCUT2D eigenvalue weighted by molar-refractivity contribution is 0.794. The summed E-state index contributed by atoms with van der Waals surface area (Å²) in [6.45, 7) is 0. The van der Waals surface area contributed by atoms with Crippen LogP contribution in [0.1, 0.15) is 22.3 Å². The van der Waals surface area contributed by atoms with Gasteiger partial charge in [0.15, 0.2) is 17.5 Å². The van der Waals surface area contributed by atoms with E-state index in [-0.39, 0.29) is 0 Å². The van der Waals surface area contributed by atoms with Crippen molar-refractivity contribution < 1.29 is 0 Å². The molecule has 2 aliphatic rings. The molecule has 1 spiro atoms. The summed E-state index contributed by atoms with van der Waals surface area (Å²) in [5.41, 5.74) is 16.9. The number of rotatable bonds is 5. The molecule has 0 fully saturated rings. The van der Waals surface area contributed by atoms with Crippen LogP contribution in [-0.4, -0.2) is 15.0 Å². The highest BCUT2D eigenvalue weighted by molar-refractivity contribution is 7.25. The third-order valence-electron chi connectivity index (χ3n) is 13.0. The molecule has 0 aliphatic heterocycles. The highest BCUT2D eigenvalue weighted by Crippen LogP contribution is 2.63. The van der Waals surface area contributed by atoms with Gasteiger partial charge in [0.2, 0.25) is 0 Å². The SMILES string of the molecule is c1ccc(-c2ccccc2-c2nc(-c3cccc(-c4ccc5sc6ccccc6c5c4)c3)nc(-c3cccc4c3-c3ccccc3C43c4ccccc4-c4ccccc43)n2)cc1. The summed E-state index contributed by atoms with van der Waals surface area (Å²) in [6.07, 6.45) is 0. The molecular weight excluding hydrogens is 771 g/mol. The third-order valence-corrected chi connectivity index (χ3v) is 14.1. The normalized spacial score (nSPS) is 13.0. The molecule has 0 unspecified atom stereocenters. The second-order valence-electron chi connectivity index (χ2n) is 16.2. The van der Waals surface area contributed by atoms with Crippen molar-refractivity contribution in [1.82, 2.24) is 15.0 Å². The maximum atomic E-state index is 5.46. The van der Waals surface area contributed by atoms with Crippen LogP contribution < -0.4 is 0 Å². The Kier molecular flexibility index (Phi) is 7.69. The lowest BCUT2D eigenvalue weighted by Gasteiger charge is -2.30. The predicted octanol–water partition coefficient (Wildman–Crippen LogP) is 14.9. The van der Waals surface area contributed by atoms with E-state index in [1.807, 2.05) is 11.3 Å². The van der Waals surface area contributed by atoms with Gasteiger partial charge < -0.3 is 0 Å². The molecule has 0 N–H and O–H groups in total. The number of thiophene rings is 1. The van der Waals surface area contributed by atoms with Gasteiger partial charge in [-0.25, -0.2) is 15.0 Å². The second kappa shape index (κ2) is 13.6. The maximum absolute atomic E-state index is 5.46. The molecule has 2 aliphatic carbocycles. The Morgan fingerprint density at radius 2 is 0.790 bits per heavy atom. The van der Waals surface area contributed by atoms with Gasteiger partial charge in [-0.15, -0.1) is 11.3 Å². The van der Waals surface area contributed by atoms with Crippen molar-refractivity contribution in [2.45, 2.75) is 5.41 Å². The first-order chi connectivity index (χ1) is 30.7. The number of hydrogen-bond donors (Lipinski definition) is 0. The summed E-state index contributed by atoms with van der Waals surface area (Å²) in [5.74, 6) is 1.91. The molecule has 0 amide bonds. The first-order valence-corrected chi connectivity index (χ1v) is 21.9. The fraction of sp³-hybridized carbons (Fsp3) is 0.0172.